The Bertz CT molecular complexity index is 1100. The van der Waals surface area contributed by atoms with Crippen LogP contribution in [0.4, 0.5) is 8.78 Å². The number of nitrogens with two attached hydrogens (primary N) is 1. The lowest BCUT2D eigenvalue weighted by atomic mass is 9.57. The highest BCUT2D eigenvalue weighted by atomic mass is 35.5. The largest absolute Gasteiger partial charge is 0.586 e. The highest BCUT2D eigenvalue weighted by Crippen LogP contribution is 2.50. The summed E-state index contributed by atoms with van der Waals surface area (Å²) >= 11 is 5.97. The van der Waals surface area contributed by atoms with E-state index < -0.39 is 6.29 Å². The Kier molecular flexibility index (Phi) is 10.7. The van der Waals surface area contributed by atoms with Gasteiger partial charge in [0.15, 0.2) is 18.1 Å². The van der Waals surface area contributed by atoms with E-state index in [4.69, 9.17) is 25.9 Å². The zero-order chi connectivity index (χ0) is 28.6. The molecule has 2 aromatic rings. The van der Waals surface area contributed by atoms with Gasteiger partial charge in [-0.05, 0) is 62.2 Å². The van der Waals surface area contributed by atoms with Gasteiger partial charge in [0, 0.05) is 22.0 Å². The number of carbonyl (C=O) groups excluding carboxylic acids is 2. The van der Waals surface area contributed by atoms with E-state index in [1.165, 1.54) is 19.2 Å². The lowest BCUT2D eigenvalue weighted by Crippen LogP contribution is -2.63. The Hall–Kier alpha value is -3.15. The van der Waals surface area contributed by atoms with Crippen molar-refractivity contribution in [2.24, 2.45) is 11.1 Å². The number of benzene rings is 2. The maximum atomic E-state index is 13.2. The van der Waals surface area contributed by atoms with Crippen LogP contribution >= 0.6 is 11.6 Å². The number of halogens is 3. The molecule has 0 unspecified atom stereocenters. The average Bonchev–Trinajstić information content (AvgIpc) is 3.21. The van der Waals surface area contributed by atoms with Crippen LogP contribution in [0.1, 0.15) is 38.7 Å². The van der Waals surface area contributed by atoms with Gasteiger partial charge in [0.25, 0.3) is 5.91 Å². The molecular weight excluding hydrogens is 526 g/mol. The van der Waals surface area contributed by atoms with Crippen molar-refractivity contribution in [3.63, 3.8) is 0 Å². The third-order valence-corrected chi connectivity index (χ3v) is 6.50. The molecule has 1 fully saturated rings. The molecule has 0 bridgehead atoms. The minimum absolute atomic E-state index is 0.0340. The molecule has 0 radical (unpaired) electrons. The van der Waals surface area contributed by atoms with Crippen LogP contribution < -0.4 is 30.0 Å². The number of alkyl halides is 2. The predicted octanol–water partition coefficient (Wildman–Crippen LogP) is 4.07. The lowest BCUT2D eigenvalue weighted by molar-refractivity contribution is -0.286. The van der Waals surface area contributed by atoms with E-state index in [-0.39, 0.29) is 41.6 Å². The number of fused-ring (bicyclic) bond motifs is 1. The molecule has 4 N–H and O–H groups in total. The Labute approximate surface area is 225 Å². The van der Waals surface area contributed by atoms with Crippen molar-refractivity contribution >= 4 is 24.3 Å². The first-order valence-electron chi connectivity index (χ1n) is 11.8. The molecule has 1 aliphatic heterocycles. The monoisotopic (exact) mass is 558 g/mol. The van der Waals surface area contributed by atoms with Crippen LogP contribution in [-0.2, 0) is 16.2 Å². The number of aliphatic hydroxyl groups excluding tert-OH is 1. The lowest BCUT2D eigenvalue weighted by Gasteiger charge is -2.54. The molecule has 0 saturated heterocycles. The standard InChI is InChI=1S/C24H26ClF2NO6.CH5N.CH2O/c1-3-23(28-21(30)11-31-16-4-6-18(25)15(8-16)10-29)12-22(2,13-23)14-32-17-5-7-19-20(9-17)34-24(26,27)33-19;2*1-2/h4-9,29H,3,10-14H2,1-2H3,(H,28,30);2H2,1H3;1H2. The van der Waals surface area contributed by atoms with Gasteiger partial charge in [-0.15, -0.1) is 8.78 Å². The number of nitrogens with one attached hydrogen (secondary N) is 1. The van der Waals surface area contributed by atoms with Crippen molar-refractivity contribution in [2.45, 2.75) is 51.6 Å². The molecule has 0 spiro atoms. The van der Waals surface area contributed by atoms with Crippen molar-refractivity contribution in [2.75, 3.05) is 20.3 Å². The third kappa shape index (κ3) is 7.68. The summed E-state index contributed by atoms with van der Waals surface area (Å²) in [6.45, 7) is 6.02. The summed E-state index contributed by atoms with van der Waals surface area (Å²) in [5.41, 5.74) is 4.46. The normalized spacial score (nSPS) is 22.0. The second-order valence-electron chi connectivity index (χ2n) is 9.11. The van der Waals surface area contributed by atoms with Crippen LogP contribution in [0.5, 0.6) is 23.0 Å². The molecule has 0 aromatic heterocycles. The van der Waals surface area contributed by atoms with Gasteiger partial charge in [-0.2, -0.15) is 0 Å². The number of rotatable bonds is 9. The van der Waals surface area contributed by atoms with Crippen molar-refractivity contribution in [3.8, 4) is 23.0 Å². The number of ether oxygens (including phenoxy) is 4. The SMILES string of the molecule is C=O.CCC1(NC(=O)COc2ccc(Cl)c(CO)c2)CC(C)(COc2ccc3c(c2)OC(F)(F)O3)C1.CN. The highest BCUT2D eigenvalue weighted by molar-refractivity contribution is 6.31. The van der Waals surface area contributed by atoms with E-state index in [1.807, 2.05) is 13.7 Å². The van der Waals surface area contributed by atoms with Crippen molar-refractivity contribution < 1.29 is 42.4 Å². The van der Waals surface area contributed by atoms with Gasteiger partial charge in [-0.1, -0.05) is 25.4 Å². The summed E-state index contributed by atoms with van der Waals surface area (Å²) in [4.78, 5) is 20.5. The summed E-state index contributed by atoms with van der Waals surface area (Å²) < 4.78 is 46.6. The number of hydrogen-bond donors (Lipinski definition) is 3. The Morgan fingerprint density at radius 2 is 1.71 bits per heavy atom. The number of amides is 1. The first-order valence-corrected chi connectivity index (χ1v) is 12.1. The van der Waals surface area contributed by atoms with E-state index in [9.17, 15) is 18.7 Å². The van der Waals surface area contributed by atoms with Gasteiger partial charge in [-0.25, -0.2) is 0 Å². The van der Waals surface area contributed by atoms with Crippen molar-refractivity contribution in [1.82, 2.24) is 5.32 Å². The van der Waals surface area contributed by atoms with Gasteiger partial charge in [0.05, 0.1) is 13.2 Å². The van der Waals surface area contributed by atoms with Gasteiger partial charge in [0.1, 0.15) is 18.3 Å². The van der Waals surface area contributed by atoms with Crippen LogP contribution in [0.2, 0.25) is 5.02 Å². The fourth-order valence-electron chi connectivity index (χ4n) is 4.63. The first-order chi connectivity index (χ1) is 18.0. The molecule has 9 nitrogen and oxygen atoms in total. The summed E-state index contributed by atoms with van der Waals surface area (Å²) in [7, 11) is 1.50. The second kappa shape index (κ2) is 13.1. The topological polar surface area (TPSA) is 129 Å². The van der Waals surface area contributed by atoms with Gasteiger partial charge in [0.2, 0.25) is 0 Å². The van der Waals surface area contributed by atoms with E-state index in [0.717, 1.165) is 6.42 Å². The van der Waals surface area contributed by atoms with E-state index in [2.05, 4.69) is 27.4 Å². The Morgan fingerprint density at radius 3 is 2.34 bits per heavy atom. The summed E-state index contributed by atoms with van der Waals surface area (Å²) in [5.74, 6) is 0.499. The fourth-order valence-corrected chi connectivity index (χ4v) is 4.81. The Morgan fingerprint density at radius 1 is 1.11 bits per heavy atom. The summed E-state index contributed by atoms with van der Waals surface area (Å²) in [6.07, 6.45) is -1.54. The van der Waals surface area contributed by atoms with Gasteiger partial charge < -0.3 is 39.9 Å². The number of carbonyl (C=O) groups is 2. The van der Waals surface area contributed by atoms with E-state index >= 15 is 0 Å². The molecule has 2 aliphatic rings. The fraction of sp³-hybridized carbons (Fsp3) is 0.462. The molecule has 1 aliphatic carbocycles. The summed E-state index contributed by atoms with van der Waals surface area (Å²) in [5, 5.41) is 12.8. The minimum Gasteiger partial charge on any atom is -0.493 e. The molecule has 2 aromatic carbocycles. The highest BCUT2D eigenvalue weighted by Gasteiger charge is 2.52. The number of aliphatic hydroxyl groups is 1. The van der Waals surface area contributed by atoms with Crippen LogP contribution in [0, 0.1) is 5.41 Å². The predicted molar refractivity (Wildman–Crippen MR) is 137 cm³/mol. The first kappa shape index (κ1) is 31.1. The van der Waals surface area contributed by atoms with E-state index in [0.29, 0.717) is 41.5 Å². The van der Waals surface area contributed by atoms with Gasteiger partial charge >= 0.3 is 6.29 Å². The molecule has 1 saturated carbocycles. The second-order valence-corrected chi connectivity index (χ2v) is 9.52. The van der Waals surface area contributed by atoms with Crippen LogP contribution in [0.25, 0.3) is 0 Å². The zero-order valence-electron chi connectivity index (χ0n) is 21.5. The van der Waals surface area contributed by atoms with Crippen molar-refractivity contribution in [3.05, 3.63) is 47.0 Å². The molecule has 0 atom stereocenters. The molecule has 4 rings (SSSR count). The van der Waals surface area contributed by atoms with Crippen LogP contribution in [0.15, 0.2) is 36.4 Å². The molecule has 1 heterocycles. The Balaban J connectivity index is 0.00000121. The van der Waals surface area contributed by atoms with Crippen LogP contribution in [-0.4, -0.2) is 49.9 Å². The summed E-state index contributed by atoms with van der Waals surface area (Å²) in [6, 6.07) is 9.16. The van der Waals surface area contributed by atoms with Crippen LogP contribution in [0.3, 0.4) is 0 Å². The smallest absolute Gasteiger partial charge is 0.493 e. The zero-order valence-corrected chi connectivity index (χ0v) is 22.3. The molecule has 1 amide bonds. The number of hydrogen-bond acceptors (Lipinski definition) is 8. The quantitative estimate of drug-likeness (QED) is 0.420. The molecular formula is C26H33ClF2N2O7. The molecule has 210 valence electrons. The molecule has 12 heteroatoms. The maximum Gasteiger partial charge on any atom is 0.586 e. The van der Waals surface area contributed by atoms with Gasteiger partial charge in [-0.3, -0.25) is 4.79 Å². The molecule has 38 heavy (non-hydrogen) atoms. The minimum atomic E-state index is -3.67. The van der Waals surface area contributed by atoms with E-state index in [1.54, 1.807) is 24.3 Å². The maximum absolute atomic E-state index is 13.2. The average molecular weight is 559 g/mol. The third-order valence-electron chi connectivity index (χ3n) is 6.13. The van der Waals surface area contributed by atoms with Crippen molar-refractivity contribution in [1.29, 1.82) is 0 Å².